The monoisotopic (exact) mass is 377 g/mol. The number of amides is 4. The van der Waals surface area contributed by atoms with Crippen LogP contribution in [0.5, 0.6) is 0 Å². The van der Waals surface area contributed by atoms with Gasteiger partial charge in [0.2, 0.25) is 11.8 Å². The third-order valence-electron chi connectivity index (χ3n) is 3.64. The van der Waals surface area contributed by atoms with Crippen molar-refractivity contribution in [3.05, 3.63) is 58.6 Å². The summed E-state index contributed by atoms with van der Waals surface area (Å²) in [6.07, 6.45) is 0. The molecule has 8 heteroatoms. The highest BCUT2D eigenvalue weighted by molar-refractivity contribution is 6.35. The van der Waals surface area contributed by atoms with Gasteiger partial charge in [0, 0.05) is 22.3 Å². The Bertz CT molecular complexity index is 822. The van der Waals surface area contributed by atoms with Gasteiger partial charge in [0.25, 0.3) is 0 Å². The normalized spacial score (nSPS) is 17.2. The molecule has 2 aromatic carbocycles. The summed E-state index contributed by atoms with van der Waals surface area (Å²) in [4.78, 5) is 38.1. The lowest BCUT2D eigenvalue weighted by Crippen LogP contribution is -2.58. The number of imide groups is 1. The number of hydrogen-bond donors (Lipinski definition) is 2. The number of carbonyl (C=O) groups is 3. The summed E-state index contributed by atoms with van der Waals surface area (Å²) < 4.78 is 0. The van der Waals surface area contributed by atoms with Gasteiger partial charge in [0.1, 0.15) is 5.92 Å². The lowest BCUT2D eigenvalue weighted by molar-refractivity contribution is -0.130. The number of nitrogens with one attached hydrogen (secondary N) is 2. The van der Waals surface area contributed by atoms with Crippen LogP contribution in [0.3, 0.4) is 0 Å². The van der Waals surface area contributed by atoms with Crippen molar-refractivity contribution >= 4 is 52.4 Å². The van der Waals surface area contributed by atoms with Crippen molar-refractivity contribution in [3.8, 4) is 0 Å². The van der Waals surface area contributed by atoms with Gasteiger partial charge in [-0.25, -0.2) is 9.69 Å². The zero-order valence-electron chi connectivity index (χ0n) is 12.8. The molecule has 1 aliphatic heterocycles. The number of urea groups is 1. The number of para-hydroxylation sites is 1. The van der Waals surface area contributed by atoms with E-state index < -0.39 is 23.8 Å². The van der Waals surface area contributed by atoms with Crippen molar-refractivity contribution in [1.82, 2.24) is 5.32 Å². The van der Waals surface area contributed by atoms with Crippen LogP contribution in [0, 0.1) is 5.92 Å². The van der Waals surface area contributed by atoms with Crippen molar-refractivity contribution in [3.63, 3.8) is 0 Å². The Morgan fingerprint density at radius 1 is 1.08 bits per heavy atom. The number of anilines is 2. The maximum absolute atomic E-state index is 12.7. The molecule has 0 aliphatic carbocycles. The van der Waals surface area contributed by atoms with Gasteiger partial charge < -0.3 is 10.6 Å². The van der Waals surface area contributed by atoms with Crippen LogP contribution in [0.4, 0.5) is 16.2 Å². The lowest BCUT2D eigenvalue weighted by atomic mass is 10.0. The molecule has 1 unspecified atom stereocenters. The number of nitrogens with zero attached hydrogens (tertiary/aromatic N) is 1. The zero-order chi connectivity index (χ0) is 18.0. The molecule has 4 amide bonds. The van der Waals surface area contributed by atoms with Gasteiger partial charge in [-0.1, -0.05) is 41.4 Å². The predicted molar refractivity (Wildman–Crippen MR) is 95.9 cm³/mol. The minimum Gasteiger partial charge on any atom is -0.336 e. The summed E-state index contributed by atoms with van der Waals surface area (Å²) in [5.41, 5.74) is 0.770. The maximum Gasteiger partial charge on any atom is 0.328 e. The first kappa shape index (κ1) is 17.3. The van der Waals surface area contributed by atoms with Crippen LogP contribution >= 0.6 is 23.2 Å². The SMILES string of the molecule is O=C(Nc1cc(Cl)cc(Cl)c1)C1CNC(=O)N(c2ccccc2)C1=O. The smallest absolute Gasteiger partial charge is 0.328 e. The van der Waals surface area contributed by atoms with E-state index >= 15 is 0 Å². The van der Waals surface area contributed by atoms with E-state index in [2.05, 4.69) is 10.6 Å². The van der Waals surface area contributed by atoms with Crippen molar-refractivity contribution in [2.24, 2.45) is 5.92 Å². The summed E-state index contributed by atoms with van der Waals surface area (Å²) in [7, 11) is 0. The minimum absolute atomic E-state index is 0.0822. The fraction of sp³-hybridized carbons (Fsp3) is 0.118. The molecule has 25 heavy (non-hydrogen) atoms. The highest BCUT2D eigenvalue weighted by Crippen LogP contribution is 2.24. The van der Waals surface area contributed by atoms with E-state index in [4.69, 9.17) is 23.2 Å². The van der Waals surface area contributed by atoms with E-state index in [1.807, 2.05) is 0 Å². The first-order valence-electron chi connectivity index (χ1n) is 7.39. The molecule has 3 rings (SSSR count). The predicted octanol–water partition coefficient (Wildman–Crippen LogP) is 3.30. The number of benzene rings is 2. The van der Waals surface area contributed by atoms with Crippen LogP contribution in [-0.2, 0) is 9.59 Å². The molecule has 2 aromatic rings. The molecule has 0 bridgehead atoms. The van der Waals surface area contributed by atoms with E-state index in [0.29, 0.717) is 21.4 Å². The van der Waals surface area contributed by atoms with Crippen molar-refractivity contribution in [2.75, 3.05) is 16.8 Å². The first-order valence-corrected chi connectivity index (χ1v) is 8.15. The fourth-order valence-electron chi connectivity index (χ4n) is 2.49. The number of rotatable bonds is 3. The molecule has 0 spiro atoms. The minimum atomic E-state index is -1.06. The van der Waals surface area contributed by atoms with E-state index in [1.54, 1.807) is 30.3 Å². The average Bonchev–Trinajstić information content (AvgIpc) is 2.54. The number of hydrogen-bond acceptors (Lipinski definition) is 3. The third-order valence-corrected chi connectivity index (χ3v) is 4.08. The highest BCUT2D eigenvalue weighted by Gasteiger charge is 2.39. The van der Waals surface area contributed by atoms with Gasteiger partial charge in [0.15, 0.2) is 0 Å². The summed E-state index contributed by atoms with van der Waals surface area (Å²) in [6, 6.07) is 12.4. The standard InChI is InChI=1S/C17H13Cl2N3O3/c18-10-6-11(19)8-12(7-10)21-15(23)14-9-20-17(25)22(16(14)24)13-4-2-1-3-5-13/h1-8,14H,9H2,(H,20,25)(H,21,23). The van der Waals surface area contributed by atoms with Gasteiger partial charge in [0.05, 0.1) is 5.69 Å². The van der Waals surface area contributed by atoms with E-state index in [0.717, 1.165) is 4.90 Å². The molecule has 1 saturated heterocycles. The quantitative estimate of drug-likeness (QED) is 0.805. The summed E-state index contributed by atoms with van der Waals surface area (Å²) in [5, 5.41) is 5.87. The average molecular weight is 378 g/mol. The Balaban J connectivity index is 1.81. The van der Waals surface area contributed by atoms with Crippen molar-refractivity contribution in [2.45, 2.75) is 0 Å². The maximum atomic E-state index is 12.7. The molecule has 1 atom stereocenters. The van der Waals surface area contributed by atoms with Gasteiger partial charge >= 0.3 is 6.03 Å². The fourth-order valence-corrected chi connectivity index (χ4v) is 3.02. The highest BCUT2D eigenvalue weighted by atomic mass is 35.5. The summed E-state index contributed by atoms with van der Waals surface area (Å²) >= 11 is 11.8. The molecule has 0 radical (unpaired) electrons. The molecule has 6 nitrogen and oxygen atoms in total. The molecule has 0 aromatic heterocycles. The Morgan fingerprint density at radius 2 is 1.72 bits per heavy atom. The molecule has 1 heterocycles. The second kappa shape index (κ2) is 7.13. The molecule has 1 aliphatic rings. The van der Waals surface area contributed by atoms with E-state index in [-0.39, 0.29) is 6.54 Å². The van der Waals surface area contributed by atoms with Gasteiger partial charge in [-0.15, -0.1) is 0 Å². The molecular formula is C17H13Cl2N3O3. The summed E-state index contributed by atoms with van der Waals surface area (Å²) in [5.74, 6) is -2.21. The second-order valence-electron chi connectivity index (χ2n) is 5.40. The molecular weight excluding hydrogens is 365 g/mol. The van der Waals surface area contributed by atoms with Crippen LogP contribution in [0.25, 0.3) is 0 Å². The number of carbonyl (C=O) groups excluding carboxylic acids is 3. The molecule has 1 fully saturated rings. The second-order valence-corrected chi connectivity index (χ2v) is 6.27. The Morgan fingerprint density at radius 3 is 2.36 bits per heavy atom. The van der Waals surface area contributed by atoms with Crippen LogP contribution in [-0.4, -0.2) is 24.4 Å². The summed E-state index contributed by atoms with van der Waals surface area (Å²) in [6.45, 7) is -0.0822. The zero-order valence-corrected chi connectivity index (χ0v) is 14.3. The van der Waals surface area contributed by atoms with Gasteiger partial charge in [-0.3, -0.25) is 9.59 Å². The van der Waals surface area contributed by atoms with Crippen LogP contribution in [0.1, 0.15) is 0 Å². The molecule has 128 valence electrons. The Labute approximate surface area is 153 Å². The molecule has 2 N–H and O–H groups in total. The van der Waals surface area contributed by atoms with Crippen molar-refractivity contribution < 1.29 is 14.4 Å². The topological polar surface area (TPSA) is 78.5 Å². The van der Waals surface area contributed by atoms with Gasteiger partial charge in [-0.05, 0) is 30.3 Å². The third kappa shape index (κ3) is 3.75. The van der Waals surface area contributed by atoms with Crippen molar-refractivity contribution in [1.29, 1.82) is 0 Å². The Kier molecular flexibility index (Phi) is 4.92. The van der Waals surface area contributed by atoms with Crippen LogP contribution < -0.4 is 15.5 Å². The van der Waals surface area contributed by atoms with Crippen LogP contribution in [0.15, 0.2) is 48.5 Å². The van der Waals surface area contributed by atoms with Gasteiger partial charge in [-0.2, -0.15) is 0 Å². The molecule has 0 saturated carbocycles. The first-order chi connectivity index (χ1) is 12.0. The van der Waals surface area contributed by atoms with E-state index in [9.17, 15) is 14.4 Å². The lowest BCUT2D eigenvalue weighted by Gasteiger charge is -2.30. The number of halogens is 2. The largest absolute Gasteiger partial charge is 0.336 e. The van der Waals surface area contributed by atoms with Crippen LogP contribution in [0.2, 0.25) is 10.0 Å². The van der Waals surface area contributed by atoms with E-state index in [1.165, 1.54) is 18.2 Å². The Hall–Kier alpha value is -2.57.